The van der Waals surface area contributed by atoms with Crippen LogP contribution in [0.4, 0.5) is 0 Å². The molecule has 1 amide bonds. The summed E-state index contributed by atoms with van der Waals surface area (Å²) >= 11 is 8.60. The Labute approximate surface area is 140 Å². The quantitative estimate of drug-likeness (QED) is 0.766. The minimum Gasteiger partial charge on any atom is -0.351 e. The van der Waals surface area contributed by atoms with Crippen LogP contribution in [0.25, 0.3) is 10.7 Å². The average molecular weight is 351 g/mol. The Balaban J connectivity index is 1.54. The summed E-state index contributed by atoms with van der Waals surface area (Å²) in [5.74, 6) is -0.110. The van der Waals surface area contributed by atoms with Gasteiger partial charge in [-0.1, -0.05) is 11.6 Å². The molecule has 0 atom stereocenters. The highest BCUT2D eigenvalue weighted by Crippen LogP contribution is 2.22. The highest BCUT2D eigenvalue weighted by atomic mass is 35.5. The van der Waals surface area contributed by atoms with Crippen molar-refractivity contribution < 1.29 is 4.79 Å². The Morgan fingerprint density at radius 3 is 2.95 bits per heavy atom. The molecule has 0 aliphatic heterocycles. The van der Waals surface area contributed by atoms with Gasteiger partial charge in [0.25, 0.3) is 5.91 Å². The first-order valence-corrected chi connectivity index (χ1v) is 8.54. The summed E-state index contributed by atoms with van der Waals surface area (Å²) in [5.41, 5.74) is 1.69. The van der Waals surface area contributed by atoms with Gasteiger partial charge in [-0.05, 0) is 12.1 Å². The van der Waals surface area contributed by atoms with Gasteiger partial charge in [-0.3, -0.25) is 14.8 Å². The van der Waals surface area contributed by atoms with E-state index in [0.29, 0.717) is 22.2 Å². The van der Waals surface area contributed by atoms with Gasteiger partial charge in [-0.25, -0.2) is 4.98 Å². The second-order valence-electron chi connectivity index (χ2n) is 4.34. The second kappa shape index (κ2) is 6.95. The maximum atomic E-state index is 11.9. The number of carbonyl (C=O) groups excluding carboxylic acids is 1. The third-order valence-electron chi connectivity index (χ3n) is 2.80. The fraction of sp³-hybridized carbons (Fsp3) is 0.143. The van der Waals surface area contributed by atoms with Crippen molar-refractivity contribution in [2.24, 2.45) is 0 Å². The molecule has 8 heteroatoms. The highest BCUT2D eigenvalue weighted by molar-refractivity contribution is 7.18. The monoisotopic (exact) mass is 350 g/mol. The van der Waals surface area contributed by atoms with E-state index in [1.165, 1.54) is 22.7 Å². The number of nitrogens with one attached hydrogen (secondary N) is 1. The molecule has 0 aliphatic carbocycles. The molecule has 0 aromatic carbocycles. The minimum absolute atomic E-state index is 0.110. The average Bonchev–Trinajstić information content (AvgIpc) is 3.17. The number of aromatic nitrogens is 3. The third kappa shape index (κ3) is 3.68. The van der Waals surface area contributed by atoms with Gasteiger partial charge in [0.15, 0.2) is 0 Å². The second-order valence-corrected chi connectivity index (χ2v) is 6.92. The summed E-state index contributed by atoms with van der Waals surface area (Å²) < 4.78 is 0.610. The van der Waals surface area contributed by atoms with E-state index in [1.54, 1.807) is 30.7 Å². The van der Waals surface area contributed by atoms with Crippen molar-refractivity contribution in [1.29, 1.82) is 0 Å². The number of halogens is 1. The predicted molar refractivity (Wildman–Crippen MR) is 88.5 cm³/mol. The maximum absolute atomic E-state index is 11.9. The Bertz CT molecular complexity index is 772. The zero-order chi connectivity index (χ0) is 15.4. The lowest BCUT2D eigenvalue weighted by Gasteiger charge is -2.01. The molecule has 0 unspecified atom stereocenters. The van der Waals surface area contributed by atoms with Gasteiger partial charge in [0.2, 0.25) is 0 Å². The van der Waals surface area contributed by atoms with E-state index in [0.717, 1.165) is 16.4 Å². The number of hydrogen-bond acceptors (Lipinski definition) is 6. The van der Waals surface area contributed by atoms with Crippen molar-refractivity contribution in [3.63, 3.8) is 0 Å². The molecule has 0 bridgehead atoms. The molecule has 22 heavy (non-hydrogen) atoms. The van der Waals surface area contributed by atoms with Crippen molar-refractivity contribution >= 4 is 40.2 Å². The fourth-order valence-electron chi connectivity index (χ4n) is 1.78. The van der Waals surface area contributed by atoms with Crippen LogP contribution in [0, 0.1) is 0 Å². The van der Waals surface area contributed by atoms with Crippen molar-refractivity contribution in [1.82, 2.24) is 20.3 Å². The molecular formula is C14H11ClN4OS2. The lowest BCUT2D eigenvalue weighted by atomic mass is 10.3. The Morgan fingerprint density at radius 1 is 1.32 bits per heavy atom. The molecule has 5 nitrogen and oxygen atoms in total. The molecule has 0 saturated carbocycles. The van der Waals surface area contributed by atoms with Crippen molar-refractivity contribution in [2.45, 2.75) is 6.42 Å². The lowest BCUT2D eigenvalue weighted by molar-refractivity contribution is 0.0958. The maximum Gasteiger partial charge on any atom is 0.261 e. The van der Waals surface area contributed by atoms with Crippen LogP contribution in [0.15, 0.2) is 36.1 Å². The number of thiophene rings is 1. The lowest BCUT2D eigenvalue weighted by Crippen LogP contribution is -2.24. The van der Waals surface area contributed by atoms with Crippen LogP contribution < -0.4 is 5.32 Å². The molecule has 3 aromatic rings. The van der Waals surface area contributed by atoms with Crippen molar-refractivity contribution in [3.05, 3.63) is 51.0 Å². The van der Waals surface area contributed by atoms with E-state index in [9.17, 15) is 4.79 Å². The number of amides is 1. The topological polar surface area (TPSA) is 67.8 Å². The summed E-state index contributed by atoms with van der Waals surface area (Å²) in [7, 11) is 0. The van der Waals surface area contributed by atoms with Gasteiger partial charge in [0, 0.05) is 30.7 Å². The summed E-state index contributed by atoms with van der Waals surface area (Å²) in [5, 5.41) is 5.66. The SMILES string of the molecule is O=C(NCCc1csc(-c2cnccn2)n1)c1ccc(Cl)s1. The van der Waals surface area contributed by atoms with Crippen LogP contribution in [0.2, 0.25) is 4.34 Å². The largest absolute Gasteiger partial charge is 0.351 e. The van der Waals surface area contributed by atoms with Gasteiger partial charge in [0.05, 0.1) is 21.1 Å². The van der Waals surface area contributed by atoms with Crippen LogP contribution in [0.3, 0.4) is 0 Å². The van der Waals surface area contributed by atoms with Gasteiger partial charge >= 0.3 is 0 Å². The summed E-state index contributed by atoms with van der Waals surface area (Å²) in [6, 6.07) is 3.44. The standard InChI is InChI=1S/C14H11ClN4OS2/c15-12-2-1-11(22-12)13(20)18-4-3-9-8-21-14(19-9)10-7-16-5-6-17-10/h1-2,5-8H,3-4H2,(H,18,20). The molecule has 0 fully saturated rings. The molecule has 112 valence electrons. The first-order chi connectivity index (χ1) is 10.7. The van der Waals surface area contributed by atoms with Gasteiger partial charge in [-0.15, -0.1) is 22.7 Å². The smallest absolute Gasteiger partial charge is 0.261 e. The molecule has 3 rings (SSSR count). The third-order valence-corrected chi connectivity index (χ3v) is 4.94. The van der Waals surface area contributed by atoms with Crippen LogP contribution in [0.1, 0.15) is 15.4 Å². The Kier molecular flexibility index (Phi) is 4.77. The minimum atomic E-state index is -0.110. The number of nitrogens with zero attached hydrogens (tertiary/aromatic N) is 3. The first-order valence-electron chi connectivity index (χ1n) is 6.47. The predicted octanol–water partition coefficient (Wildman–Crippen LogP) is 3.29. The van der Waals surface area contributed by atoms with E-state index in [-0.39, 0.29) is 5.91 Å². The Morgan fingerprint density at radius 2 is 2.23 bits per heavy atom. The highest BCUT2D eigenvalue weighted by Gasteiger charge is 2.09. The van der Waals surface area contributed by atoms with E-state index < -0.39 is 0 Å². The van der Waals surface area contributed by atoms with E-state index in [4.69, 9.17) is 11.6 Å². The number of thiazole rings is 1. The molecule has 0 aliphatic rings. The molecule has 0 spiro atoms. The first kappa shape index (κ1) is 15.1. The number of hydrogen-bond donors (Lipinski definition) is 1. The van der Waals surface area contributed by atoms with E-state index >= 15 is 0 Å². The van der Waals surface area contributed by atoms with Crippen LogP contribution in [0.5, 0.6) is 0 Å². The normalized spacial score (nSPS) is 10.6. The summed E-state index contributed by atoms with van der Waals surface area (Å²) in [6.45, 7) is 0.526. The zero-order valence-electron chi connectivity index (χ0n) is 11.3. The molecule has 1 N–H and O–H groups in total. The van der Waals surface area contributed by atoms with Crippen LogP contribution >= 0.6 is 34.3 Å². The van der Waals surface area contributed by atoms with Gasteiger partial charge < -0.3 is 5.32 Å². The number of carbonyl (C=O) groups is 1. The van der Waals surface area contributed by atoms with Gasteiger partial charge in [0.1, 0.15) is 10.7 Å². The molecule has 0 saturated heterocycles. The Hall–Kier alpha value is -1.83. The molecule has 3 aromatic heterocycles. The zero-order valence-corrected chi connectivity index (χ0v) is 13.7. The number of rotatable bonds is 5. The van der Waals surface area contributed by atoms with Crippen LogP contribution in [-0.4, -0.2) is 27.4 Å². The fourth-order valence-corrected chi connectivity index (χ4v) is 3.55. The van der Waals surface area contributed by atoms with E-state index in [1.807, 2.05) is 5.38 Å². The van der Waals surface area contributed by atoms with E-state index in [2.05, 4.69) is 20.3 Å². The van der Waals surface area contributed by atoms with Crippen LogP contribution in [-0.2, 0) is 6.42 Å². The molecule has 3 heterocycles. The van der Waals surface area contributed by atoms with Crippen molar-refractivity contribution in [3.8, 4) is 10.7 Å². The van der Waals surface area contributed by atoms with Gasteiger partial charge in [-0.2, -0.15) is 0 Å². The summed E-state index contributed by atoms with van der Waals surface area (Å²) in [4.78, 5) is 25.2. The molecular weight excluding hydrogens is 340 g/mol. The molecule has 0 radical (unpaired) electrons. The van der Waals surface area contributed by atoms with Crippen molar-refractivity contribution in [2.75, 3.05) is 6.54 Å². The summed E-state index contributed by atoms with van der Waals surface area (Å²) in [6.07, 6.45) is 5.62.